The molecule has 5 nitrogen and oxygen atoms in total. The fraction of sp³-hybridized carbons (Fsp3) is 0.692. The van der Waals surface area contributed by atoms with Crippen molar-refractivity contribution in [3.05, 3.63) is 11.4 Å². The average molecular weight is 284 g/mol. The number of anilines is 1. The van der Waals surface area contributed by atoms with Crippen LogP contribution in [0.15, 0.2) is 0 Å². The van der Waals surface area contributed by atoms with Gasteiger partial charge in [0.05, 0.1) is 17.1 Å². The van der Waals surface area contributed by atoms with Crippen LogP contribution in [0.2, 0.25) is 0 Å². The molecule has 0 spiro atoms. The van der Waals surface area contributed by atoms with Crippen molar-refractivity contribution in [2.45, 2.75) is 46.7 Å². The first kappa shape index (κ1) is 15.9. The topological polar surface area (TPSA) is 72.9 Å². The molecule has 108 valence electrons. The number of rotatable bonds is 7. The average Bonchev–Trinajstić information content (AvgIpc) is 2.57. The number of carbonyl (C=O) groups is 1. The molecule has 1 unspecified atom stereocenters. The molecule has 0 saturated heterocycles. The minimum atomic E-state index is -0.0143. The second kappa shape index (κ2) is 7.43. The number of nitrogen functional groups attached to an aromatic ring is 1. The Morgan fingerprint density at radius 3 is 2.74 bits per heavy atom. The third kappa shape index (κ3) is 4.78. The molecule has 1 atom stereocenters. The van der Waals surface area contributed by atoms with Crippen molar-refractivity contribution in [3.63, 3.8) is 0 Å². The van der Waals surface area contributed by atoms with Crippen LogP contribution in [0.5, 0.6) is 0 Å². The lowest BCUT2D eigenvalue weighted by atomic mass is 10.2. The first-order valence-electron chi connectivity index (χ1n) is 6.62. The number of hydrogen-bond acceptors (Lipinski definition) is 4. The summed E-state index contributed by atoms with van der Waals surface area (Å²) in [6, 6.07) is 0.195. The second-order valence-corrected chi connectivity index (χ2v) is 6.09. The summed E-state index contributed by atoms with van der Waals surface area (Å²) in [5.41, 5.74) is 8.13. The van der Waals surface area contributed by atoms with Crippen molar-refractivity contribution in [3.8, 4) is 0 Å². The van der Waals surface area contributed by atoms with Gasteiger partial charge < -0.3 is 11.1 Å². The van der Waals surface area contributed by atoms with E-state index in [1.54, 1.807) is 4.68 Å². The SMILES string of the molecule is CCSCCC(C)NC(=O)Cn1nc(C)c(N)c1C. The van der Waals surface area contributed by atoms with Crippen molar-refractivity contribution in [2.24, 2.45) is 0 Å². The summed E-state index contributed by atoms with van der Waals surface area (Å²) < 4.78 is 1.66. The summed E-state index contributed by atoms with van der Waals surface area (Å²) in [7, 11) is 0. The summed E-state index contributed by atoms with van der Waals surface area (Å²) in [5.74, 6) is 2.18. The molecule has 0 aliphatic rings. The van der Waals surface area contributed by atoms with Gasteiger partial charge in [0.2, 0.25) is 5.91 Å². The van der Waals surface area contributed by atoms with Gasteiger partial charge in [0.15, 0.2) is 0 Å². The zero-order valence-electron chi connectivity index (χ0n) is 12.2. The predicted octanol–water partition coefficient (Wildman–Crippen LogP) is 1.73. The lowest BCUT2D eigenvalue weighted by Gasteiger charge is -2.14. The molecule has 0 aromatic carbocycles. The molecule has 1 heterocycles. The van der Waals surface area contributed by atoms with Gasteiger partial charge in [-0.3, -0.25) is 9.48 Å². The smallest absolute Gasteiger partial charge is 0.241 e. The number of nitrogens with one attached hydrogen (secondary N) is 1. The highest BCUT2D eigenvalue weighted by Gasteiger charge is 2.12. The second-order valence-electron chi connectivity index (χ2n) is 4.70. The molecule has 1 rings (SSSR count). The normalized spacial score (nSPS) is 12.4. The van der Waals surface area contributed by atoms with E-state index in [4.69, 9.17) is 5.73 Å². The van der Waals surface area contributed by atoms with E-state index in [1.807, 2.05) is 32.5 Å². The van der Waals surface area contributed by atoms with E-state index in [-0.39, 0.29) is 18.5 Å². The molecular weight excluding hydrogens is 260 g/mol. The Labute approximate surface area is 119 Å². The summed E-state index contributed by atoms with van der Waals surface area (Å²) in [6.07, 6.45) is 0.990. The summed E-state index contributed by atoms with van der Waals surface area (Å²) in [5, 5.41) is 7.25. The molecule has 0 aliphatic carbocycles. The molecule has 1 amide bonds. The van der Waals surface area contributed by atoms with Crippen LogP contribution >= 0.6 is 11.8 Å². The molecule has 3 N–H and O–H groups in total. The largest absolute Gasteiger partial charge is 0.396 e. The number of thioether (sulfide) groups is 1. The van der Waals surface area contributed by atoms with Crippen LogP contribution in [-0.2, 0) is 11.3 Å². The Bertz CT molecular complexity index is 431. The first-order valence-corrected chi connectivity index (χ1v) is 7.77. The van der Waals surface area contributed by atoms with Gasteiger partial charge in [-0.25, -0.2) is 0 Å². The standard InChI is InChI=1S/C13H24N4OS/c1-5-19-7-6-9(2)15-12(18)8-17-11(4)13(14)10(3)16-17/h9H,5-8,14H2,1-4H3,(H,15,18). The van der Waals surface area contributed by atoms with Crippen molar-refractivity contribution >= 4 is 23.4 Å². The van der Waals surface area contributed by atoms with Crippen LogP contribution in [0.25, 0.3) is 0 Å². The van der Waals surface area contributed by atoms with Gasteiger partial charge in [-0.15, -0.1) is 0 Å². The van der Waals surface area contributed by atoms with E-state index in [9.17, 15) is 4.79 Å². The molecule has 0 radical (unpaired) electrons. The predicted molar refractivity (Wildman–Crippen MR) is 81.3 cm³/mol. The molecule has 0 aliphatic heterocycles. The lowest BCUT2D eigenvalue weighted by Crippen LogP contribution is -2.35. The number of nitrogens with two attached hydrogens (primary N) is 1. The van der Waals surface area contributed by atoms with E-state index in [2.05, 4.69) is 17.3 Å². The molecule has 1 aromatic rings. The van der Waals surface area contributed by atoms with E-state index < -0.39 is 0 Å². The Balaban J connectivity index is 2.44. The molecule has 1 aromatic heterocycles. The zero-order chi connectivity index (χ0) is 14.4. The zero-order valence-corrected chi connectivity index (χ0v) is 13.0. The van der Waals surface area contributed by atoms with Crippen LogP contribution in [0.1, 0.15) is 31.7 Å². The summed E-state index contributed by atoms with van der Waals surface area (Å²) in [4.78, 5) is 11.9. The maximum absolute atomic E-state index is 11.9. The molecule has 19 heavy (non-hydrogen) atoms. The van der Waals surface area contributed by atoms with Crippen LogP contribution < -0.4 is 11.1 Å². The number of amides is 1. The number of aryl methyl sites for hydroxylation is 1. The third-order valence-corrected chi connectivity index (χ3v) is 3.97. The van der Waals surface area contributed by atoms with Gasteiger partial charge in [-0.2, -0.15) is 16.9 Å². The van der Waals surface area contributed by atoms with Crippen LogP contribution in [0.3, 0.4) is 0 Å². The Hall–Kier alpha value is -1.17. The van der Waals surface area contributed by atoms with Crippen molar-refractivity contribution < 1.29 is 4.79 Å². The number of nitrogens with zero attached hydrogens (tertiary/aromatic N) is 2. The lowest BCUT2D eigenvalue weighted by molar-refractivity contribution is -0.122. The maximum Gasteiger partial charge on any atom is 0.241 e. The first-order chi connectivity index (χ1) is 8.95. The Morgan fingerprint density at radius 1 is 1.53 bits per heavy atom. The quantitative estimate of drug-likeness (QED) is 0.748. The Kier molecular flexibility index (Phi) is 6.21. The van der Waals surface area contributed by atoms with Gasteiger partial charge >= 0.3 is 0 Å². The van der Waals surface area contributed by atoms with Crippen LogP contribution in [-0.4, -0.2) is 33.2 Å². The highest BCUT2D eigenvalue weighted by Crippen LogP contribution is 2.14. The van der Waals surface area contributed by atoms with E-state index >= 15 is 0 Å². The fourth-order valence-corrected chi connectivity index (χ4v) is 2.61. The molecular formula is C13H24N4OS. The molecule has 0 bridgehead atoms. The van der Waals surface area contributed by atoms with E-state index in [0.29, 0.717) is 5.69 Å². The van der Waals surface area contributed by atoms with Gasteiger partial charge in [0.25, 0.3) is 0 Å². The van der Waals surface area contributed by atoms with Crippen LogP contribution in [0, 0.1) is 13.8 Å². The highest BCUT2D eigenvalue weighted by atomic mass is 32.2. The Morgan fingerprint density at radius 2 is 2.21 bits per heavy atom. The third-order valence-electron chi connectivity index (χ3n) is 3.04. The van der Waals surface area contributed by atoms with Gasteiger partial charge in [-0.05, 0) is 38.7 Å². The molecule has 6 heteroatoms. The minimum Gasteiger partial charge on any atom is -0.396 e. The van der Waals surface area contributed by atoms with Gasteiger partial charge in [0.1, 0.15) is 6.54 Å². The maximum atomic E-state index is 11.9. The summed E-state index contributed by atoms with van der Waals surface area (Å²) in [6.45, 7) is 8.13. The van der Waals surface area contributed by atoms with E-state index in [1.165, 1.54) is 0 Å². The van der Waals surface area contributed by atoms with Gasteiger partial charge in [0, 0.05) is 6.04 Å². The van der Waals surface area contributed by atoms with Crippen LogP contribution in [0.4, 0.5) is 5.69 Å². The van der Waals surface area contributed by atoms with Crippen molar-refractivity contribution in [1.82, 2.24) is 15.1 Å². The van der Waals surface area contributed by atoms with E-state index in [0.717, 1.165) is 29.3 Å². The minimum absolute atomic E-state index is 0.0143. The number of aromatic nitrogens is 2. The number of hydrogen-bond donors (Lipinski definition) is 2. The van der Waals surface area contributed by atoms with Crippen molar-refractivity contribution in [1.29, 1.82) is 0 Å². The van der Waals surface area contributed by atoms with Crippen molar-refractivity contribution in [2.75, 3.05) is 17.2 Å². The highest BCUT2D eigenvalue weighted by molar-refractivity contribution is 7.99. The molecule has 0 saturated carbocycles. The molecule has 0 fully saturated rings. The summed E-state index contributed by atoms with van der Waals surface area (Å²) >= 11 is 1.89. The monoisotopic (exact) mass is 284 g/mol. The number of carbonyl (C=O) groups excluding carboxylic acids is 1. The van der Waals surface area contributed by atoms with Gasteiger partial charge in [-0.1, -0.05) is 6.92 Å². The fourth-order valence-electron chi connectivity index (χ4n) is 1.80.